The number of hydrogen-bond donors (Lipinski definition) is 2. The topological polar surface area (TPSA) is 106 Å². The Morgan fingerprint density at radius 3 is 2.46 bits per heavy atom. The van der Waals surface area contributed by atoms with E-state index in [0.717, 1.165) is 49.8 Å². The number of carbonyl (C=O) groups excluding carboxylic acids is 2. The molecule has 8 heteroatoms. The van der Waals surface area contributed by atoms with Gasteiger partial charge in [0.2, 0.25) is 17.7 Å². The molecule has 1 saturated carbocycles. The standard InChI is InChI=1S/C27H32N4O4/c1-19-8-7-9-23(18-19)34-22-12-10-21(11-13-22)28-24(33)14-15-25-29-26(31-35-25)27(30-20(2)32)16-5-3-4-6-17-27/h7-13,18H,3-6,14-17H2,1-2H3,(H,28,33)(H,30,32). The average molecular weight is 477 g/mol. The second-order valence-electron chi connectivity index (χ2n) is 9.18. The molecule has 0 radical (unpaired) electrons. The number of amides is 2. The molecule has 8 nitrogen and oxygen atoms in total. The van der Waals surface area contributed by atoms with Crippen molar-refractivity contribution in [3.63, 3.8) is 0 Å². The summed E-state index contributed by atoms with van der Waals surface area (Å²) in [7, 11) is 0. The van der Waals surface area contributed by atoms with Crippen molar-refractivity contribution in [3.8, 4) is 11.5 Å². The fraction of sp³-hybridized carbons (Fsp3) is 0.407. The van der Waals surface area contributed by atoms with E-state index in [2.05, 4.69) is 20.8 Å². The molecule has 2 aromatic carbocycles. The van der Waals surface area contributed by atoms with Crippen LogP contribution >= 0.6 is 0 Å². The smallest absolute Gasteiger partial charge is 0.227 e. The zero-order chi connectivity index (χ0) is 24.7. The molecule has 1 aliphatic rings. The van der Waals surface area contributed by atoms with Crippen LogP contribution in [0.4, 0.5) is 5.69 Å². The minimum atomic E-state index is -0.589. The highest BCUT2D eigenvalue weighted by molar-refractivity contribution is 5.90. The Bertz CT molecular complexity index is 1150. The van der Waals surface area contributed by atoms with Crippen LogP contribution in [0.25, 0.3) is 0 Å². The first-order valence-corrected chi connectivity index (χ1v) is 12.2. The van der Waals surface area contributed by atoms with Gasteiger partial charge < -0.3 is 19.9 Å². The van der Waals surface area contributed by atoms with Gasteiger partial charge in [0.1, 0.15) is 17.0 Å². The van der Waals surface area contributed by atoms with E-state index < -0.39 is 5.54 Å². The van der Waals surface area contributed by atoms with Crippen molar-refractivity contribution in [2.24, 2.45) is 0 Å². The summed E-state index contributed by atoms with van der Waals surface area (Å²) in [6, 6.07) is 15.1. The number of ether oxygens (including phenoxy) is 1. The molecule has 0 unspecified atom stereocenters. The highest BCUT2D eigenvalue weighted by atomic mass is 16.5. The quantitative estimate of drug-likeness (QED) is 0.420. The molecular formula is C27H32N4O4. The van der Waals surface area contributed by atoms with Gasteiger partial charge in [-0.15, -0.1) is 0 Å². The first-order valence-electron chi connectivity index (χ1n) is 12.2. The Labute approximate surface area is 205 Å². The van der Waals surface area contributed by atoms with E-state index in [9.17, 15) is 9.59 Å². The Balaban J connectivity index is 1.31. The fourth-order valence-corrected chi connectivity index (χ4v) is 4.49. The number of aromatic nitrogens is 2. The number of benzene rings is 2. The van der Waals surface area contributed by atoms with Crippen molar-refractivity contribution < 1.29 is 18.8 Å². The molecule has 0 aliphatic heterocycles. The molecule has 2 amide bonds. The van der Waals surface area contributed by atoms with Crippen molar-refractivity contribution in [2.75, 3.05) is 5.32 Å². The van der Waals surface area contributed by atoms with E-state index in [-0.39, 0.29) is 18.2 Å². The first kappa shape index (κ1) is 24.4. The maximum atomic E-state index is 12.5. The normalized spacial score (nSPS) is 15.1. The van der Waals surface area contributed by atoms with Crippen LogP contribution in [-0.2, 0) is 21.5 Å². The molecule has 0 saturated heterocycles. The number of nitrogens with zero attached hydrogens (tertiary/aromatic N) is 2. The first-order chi connectivity index (χ1) is 16.9. The number of anilines is 1. The van der Waals surface area contributed by atoms with Crippen LogP contribution in [0.1, 0.15) is 69.1 Å². The second kappa shape index (κ2) is 11.2. The summed E-state index contributed by atoms with van der Waals surface area (Å²) in [6.45, 7) is 3.53. The van der Waals surface area contributed by atoms with Crippen LogP contribution in [-0.4, -0.2) is 22.0 Å². The molecule has 0 atom stereocenters. The zero-order valence-electron chi connectivity index (χ0n) is 20.3. The lowest BCUT2D eigenvalue weighted by molar-refractivity contribution is -0.121. The molecular weight excluding hydrogens is 444 g/mol. The van der Waals surface area contributed by atoms with E-state index in [0.29, 0.717) is 29.6 Å². The highest BCUT2D eigenvalue weighted by Gasteiger charge is 2.38. The van der Waals surface area contributed by atoms with Crippen molar-refractivity contribution in [3.05, 3.63) is 65.8 Å². The SMILES string of the molecule is CC(=O)NC1(c2noc(CCC(=O)Nc3ccc(Oc4cccc(C)c4)cc3)n2)CCCCCC1. The van der Waals surface area contributed by atoms with Gasteiger partial charge in [-0.25, -0.2) is 0 Å². The largest absolute Gasteiger partial charge is 0.457 e. The Kier molecular flexibility index (Phi) is 7.80. The van der Waals surface area contributed by atoms with Gasteiger partial charge in [-0.2, -0.15) is 4.98 Å². The third-order valence-electron chi connectivity index (χ3n) is 6.20. The summed E-state index contributed by atoms with van der Waals surface area (Å²) in [6.07, 6.45) is 6.37. The molecule has 0 spiro atoms. The minimum absolute atomic E-state index is 0.104. The summed E-state index contributed by atoms with van der Waals surface area (Å²) in [4.78, 5) is 28.9. The monoisotopic (exact) mass is 476 g/mol. The number of hydrogen-bond acceptors (Lipinski definition) is 6. The lowest BCUT2D eigenvalue weighted by atomic mass is 9.89. The molecule has 1 fully saturated rings. The van der Waals surface area contributed by atoms with Gasteiger partial charge in [0.15, 0.2) is 5.82 Å². The maximum absolute atomic E-state index is 12.5. The van der Waals surface area contributed by atoms with Gasteiger partial charge in [-0.1, -0.05) is 43.0 Å². The van der Waals surface area contributed by atoms with E-state index in [1.165, 1.54) is 6.92 Å². The van der Waals surface area contributed by atoms with Crippen molar-refractivity contribution in [1.29, 1.82) is 0 Å². The van der Waals surface area contributed by atoms with E-state index in [1.54, 1.807) is 12.1 Å². The molecule has 1 aliphatic carbocycles. The van der Waals surface area contributed by atoms with Crippen LogP contribution in [0.5, 0.6) is 11.5 Å². The summed E-state index contributed by atoms with van der Waals surface area (Å²) in [5, 5.41) is 10.1. The van der Waals surface area contributed by atoms with Crippen LogP contribution in [0, 0.1) is 6.92 Å². The molecule has 1 heterocycles. The number of nitrogens with one attached hydrogen (secondary N) is 2. The second-order valence-corrected chi connectivity index (χ2v) is 9.18. The van der Waals surface area contributed by atoms with Gasteiger partial charge in [0, 0.05) is 25.5 Å². The van der Waals surface area contributed by atoms with Gasteiger partial charge in [-0.05, 0) is 61.7 Å². The van der Waals surface area contributed by atoms with E-state index >= 15 is 0 Å². The third-order valence-corrected chi connectivity index (χ3v) is 6.20. The predicted molar refractivity (Wildman–Crippen MR) is 132 cm³/mol. The Morgan fingerprint density at radius 1 is 1.03 bits per heavy atom. The number of rotatable bonds is 8. The summed E-state index contributed by atoms with van der Waals surface area (Å²) in [5.74, 6) is 2.11. The van der Waals surface area contributed by atoms with Crippen molar-refractivity contribution in [2.45, 2.75) is 70.8 Å². The van der Waals surface area contributed by atoms with Crippen molar-refractivity contribution in [1.82, 2.24) is 15.5 Å². The lowest BCUT2D eigenvalue weighted by Gasteiger charge is -2.30. The molecule has 35 heavy (non-hydrogen) atoms. The predicted octanol–water partition coefficient (Wildman–Crippen LogP) is 5.43. The van der Waals surface area contributed by atoms with Gasteiger partial charge in [0.25, 0.3) is 0 Å². The van der Waals surface area contributed by atoms with E-state index in [4.69, 9.17) is 9.26 Å². The third kappa shape index (κ3) is 6.68. The molecule has 184 valence electrons. The Morgan fingerprint density at radius 2 is 1.77 bits per heavy atom. The molecule has 1 aromatic heterocycles. The van der Waals surface area contributed by atoms with Crippen LogP contribution in [0.3, 0.4) is 0 Å². The van der Waals surface area contributed by atoms with Crippen LogP contribution < -0.4 is 15.4 Å². The van der Waals surface area contributed by atoms with Crippen LogP contribution in [0.2, 0.25) is 0 Å². The zero-order valence-corrected chi connectivity index (χ0v) is 20.3. The minimum Gasteiger partial charge on any atom is -0.457 e. The Hall–Kier alpha value is -3.68. The lowest BCUT2D eigenvalue weighted by Crippen LogP contribution is -2.45. The van der Waals surface area contributed by atoms with E-state index in [1.807, 2.05) is 43.3 Å². The number of aryl methyl sites for hydroxylation is 2. The summed E-state index contributed by atoms with van der Waals surface area (Å²) in [5.41, 5.74) is 1.22. The van der Waals surface area contributed by atoms with Crippen LogP contribution in [0.15, 0.2) is 53.1 Å². The van der Waals surface area contributed by atoms with Crippen molar-refractivity contribution >= 4 is 17.5 Å². The molecule has 4 rings (SSSR count). The fourth-order valence-electron chi connectivity index (χ4n) is 4.49. The van der Waals surface area contributed by atoms with Gasteiger partial charge in [-0.3, -0.25) is 9.59 Å². The highest BCUT2D eigenvalue weighted by Crippen LogP contribution is 2.34. The summed E-state index contributed by atoms with van der Waals surface area (Å²) < 4.78 is 11.3. The summed E-state index contributed by atoms with van der Waals surface area (Å²) >= 11 is 0. The van der Waals surface area contributed by atoms with Gasteiger partial charge >= 0.3 is 0 Å². The van der Waals surface area contributed by atoms with Gasteiger partial charge in [0.05, 0.1) is 0 Å². The maximum Gasteiger partial charge on any atom is 0.227 e. The average Bonchev–Trinajstić information content (AvgIpc) is 3.19. The molecule has 3 aromatic rings. The number of carbonyl (C=O) groups is 2. The molecule has 2 N–H and O–H groups in total. The molecule has 0 bridgehead atoms.